The minimum absolute atomic E-state index is 0.218. The molecule has 0 spiro atoms. The fourth-order valence-corrected chi connectivity index (χ4v) is 3.64. The molecule has 1 aliphatic carbocycles. The summed E-state index contributed by atoms with van der Waals surface area (Å²) < 4.78 is 0. The van der Waals surface area contributed by atoms with Gasteiger partial charge in [-0.1, -0.05) is 35.9 Å². The first kappa shape index (κ1) is 15.0. The maximum absolute atomic E-state index is 12.7. The molecule has 2 aliphatic heterocycles. The van der Waals surface area contributed by atoms with Gasteiger partial charge in [-0.05, 0) is 42.7 Å². The summed E-state index contributed by atoms with van der Waals surface area (Å²) in [5.74, 6) is 0.218. The fourth-order valence-electron chi connectivity index (χ4n) is 3.64. The molecule has 122 valence electrons. The summed E-state index contributed by atoms with van der Waals surface area (Å²) >= 11 is 0. The van der Waals surface area contributed by atoms with Crippen molar-refractivity contribution in [2.24, 2.45) is 0 Å². The van der Waals surface area contributed by atoms with Crippen LogP contribution in [0.4, 0.5) is 5.69 Å². The number of hydrogen-bond acceptors (Lipinski definition) is 2. The van der Waals surface area contributed by atoms with E-state index >= 15 is 0 Å². The molecule has 3 aliphatic rings. The molecule has 1 aromatic carbocycles. The lowest BCUT2D eigenvalue weighted by Crippen LogP contribution is -2.32. The Morgan fingerprint density at radius 3 is 3.00 bits per heavy atom. The maximum atomic E-state index is 12.7. The second-order valence-corrected chi connectivity index (χ2v) is 6.65. The number of allylic oxidation sites excluding steroid dienone is 6. The van der Waals surface area contributed by atoms with E-state index in [1.807, 2.05) is 17.0 Å². The van der Waals surface area contributed by atoms with Gasteiger partial charge in [-0.3, -0.25) is 4.79 Å². The number of nitrogens with zero attached hydrogens (tertiary/aromatic N) is 2. The zero-order valence-corrected chi connectivity index (χ0v) is 14.0. The Kier molecular flexibility index (Phi) is 3.85. The highest BCUT2D eigenvalue weighted by atomic mass is 16.2. The monoisotopic (exact) mass is 318 g/mol. The number of para-hydroxylation sites is 1. The highest BCUT2D eigenvalue weighted by molar-refractivity contribution is 5.95. The fraction of sp³-hybridized carbons (Fsp3) is 0.286. The average molecular weight is 318 g/mol. The number of benzene rings is 1. The molecule has 3 heteroatoms. The van der Waals surface area contributed by atoms with E-state index in [4.69, 9.17) is 0 Å². The van der Waals surface area contributed by atoms with Gasteiger partial charge in [0.1, 0.15) is 0 Å². The van der Waals surface area contributed by atoms with Gasteiger partial charge in [-0.15, -0.1) is 0 Å². The van der Waals surface area contributed by atoms with Crippen LogP contribution in [0.2, 0.25) is 0 Å². The minimum Gasteiger partial charge on any atom is -0.351 e. The third kappa shape index (κ3) is 2.82. The van der Waals surface area contributed by atoms with Gasteiger partial charge in [0.15, 0.2) is 0 Å². The van der Waals surface area contributed by atoms with E-state index in [9.17, 15) is 4.79 Å². The molecule has 3 nitrogen and oxygen atoms in total. The lowest BCUT2D eigenvalue weighted by Gasteiger charge is -2.28. The summed E-state index contributed by atoms with van der Waals surface area (Å²) in [5.41, 5.74) is 6.26. The number of rotatable bonds is 3. The SMILES string of the molecule is CC1=CC=C2CC(=C1)C=CN2CCC(=O)N1CCc2ccccc21. The van der Waals surface area contributed by atoms with Crippen molar-refractivity contribution >= 4 is 11.6 Å². The first-order valence-corrected chi connectivity index (χ1v) is 8.62. The predicted molar refractivity (Wildman–Crippen MR) is 97.5 cm³/mol. The van der Waals surface area contributed by atoms with Crippen LogP contribution in [0.5, 0.6) is 0 Å². The quantitative estimate of drug-likeness (QED) is 0.842. The number of amides is 1. The molecule has 2 bridgehead atoms. The van der Waals surface area contributed by atoms with Crippen molar-refractivity contribution in [1.29, 1.82) is 0 Å². The van der Waals surface area contributed by atoms with Gasteiger partial charge in [0, 0.05) is 43.5 Å². The van der Waals surface area contributed by atoms with Crippen molar-refractivity contribution in [3.05, 3.63) is 77.2 Å². The largest absolute Gasteiger partial charge is 0.351 e. The number of fused-ring (bicyclic) bond motifs is 3. The molecule has 1 aromatic rings. The van der Waals surface area contributed by atoms with Crippen LogP contribution in [0.3, 0.4) is 0 Å². The summed E-state index contributed by atoms with van der Waals surface area (Å²) in [6.07, 6.45) is 13.3. The van der Waals surface area contributed by atoms with Gasteiger partial charge in [0.2, 0.25) is 5.91 Å². The van der Waals surface area contributed by atoms with Crippen LogP contribution in [0.15, 0.2) is 71.6 Å². The van der Waals surface area contributed by atoms with E-state index in [0.29, 0.717) is 6.42 Å². The Hall–Kier alpha value is -2.55. The molecule has 2 heterocycles. The summed E-state index contributed by atoms with van der Waals surface area (Å²) in [4.78, 5) is 16.8. The van der Waals surface area contributed by atoms with E-state index in [1.54, 1.807) is 0 Å². The molecule has 1 amide bonds. The molecule has 0 fully saturated rings. The summed E-state index contributed by atoms with van der Waals surface area (Å²) in [7, 11) is 0. The van der Waals surface area contributed by atoms with Crippen molar-refractivity contribution < 1.29 is 4.79 Å². The summed E-state index contributed by atoms with van der Waals surface area (Å²) in [6, 6.07) is 8.23. The smallest absolute Gasteiger partial charge is 0.228 e. The van der Waals surface area contributed by atoms with Gasteiger partial charge in [0.05, 0.1) is 0 Å². The van der Waals surface area contributed by atoms with E-state index in [1.165, 1.54) is 22.4 Å². The van der Waals surface area contributed by atoms with Crippen molar-refractivity contribution in [1.82, 2.24) is 4.90 Å². The van der Waals surface area contributed by atoms with Gasteiger partial charge < -0.3 is 9.80 Å². The van der Waals surface area contributed by atoms with Crippen molar-refractivity contribution in [3.8, 4) is 0 Å². The van der Waals surface area contributed by atoms with Gasteiger partial charge in [0.25, 0.3) is 0 Å². The number of carbonyl (C=O) groups excluding carboxylic acids is 1. The van der Waals surface area contributed by atoms with Gasteiger partial charge in [-0.2, -0.15) is 0 Å². The predicted octanol–water partition coefficient (Wildman–Crippen LogP) is 3.96. The molecule has 24 heavy (non-hydrogen) atoms. The average Bonchev–Trinajstić information content (AvgIpc) is 2.96. The second kappa shape index (κ2) is 6.16. The Morgan fingerprint density at radius 2 is 2.08 bits per heavy atom. The van der Waals surface area contributed by atoms with Crippen LogP contribution in [0.25, 0.3) is 0 Å². The van der Waals surface area contributed by atoms with Crippen molar-refractivity contribution in [3.63, 3.8) is 0 Å². The second-order valence-electron chi connectivity index (χ2n) is 6.65. The molecular weight excluding hydrogens is 296 g/mol. The lowest BCUT2D eigenvalue weighted by atomic mass is 10.1. The topological polar surface area (TPSA) is 23.6 Å². The molecule has 0 aromatic heterocycles. The maximum Gasteiger partial charge on any atom is 0.228 e. The third-order valence-electron chi connectivity index (χ3n) is 4.93. The standard InChI is InChI=1S/C21H22N2O/c1-16-6-7-19-15-17(14-16)8-11-22(19)12-10-21(24)23-13-9-18-4-2-3-5-20(18)23/h2-8,11,14H,9-10,12-13,15H2,1H3. The van der Waals surface area contributed by atoms with Crippen molar-refractivity contribution in [2.75, 3.05) is 18.0 Å². The first-order valence-electron chi connectivity index (χ1n) is 8.62. The van der Waals surface area contributed by atoms with Crippen LogP contribution in [0, 0.1) is 0 Å². The summed E-state index contributed by atoms with van der Waals surface area (Å²) in [6.45, 7) is 3.67. The zero-order valence-electron chi connectivity index (χ0n) is 14.0. The number of carbonyl (C=O) groups is 1. The molecular formula is C21H22N2O. The Labute approximate surface area is 143 Å². The van der Waals surface area contributed by atoms with Crippen LogP contribution in [-0.2, 0) is 11.2 Å². The molecule has 0 N–H and O–H groups in total. The highest BCUT2D eigenvalue weighted by Crippen LogP contribution is 2.29. The normalized spacial score (nSPS) is 18.6. The molecule has 4 rings (SSSR count). The van der Waals surface area contributed by atoms with Crippen molar-refractivity contribution in [2.45, 2.75) is 26.2 Å². The third-order valence-corrected chi connectivity index (χ3v) is 4.93. The van der Waals surface area contributed by atoms with E-state index in [0.717, 1.165) is 31.6 Å². The summed E-state index contributed by atoms with van der Waals surface area (Å²) in [5, 5.41) is 0. The Morgan fingerprint density at radius 1 is 1.21 bits per heavy atom. The molecule has 0 unspecified atom stereocenters. The van der Waals surface area contributed by atoms with E-state index in [2.05, 4.69) is 54.5 Å². The van der Waals surface area contributed by atoms with Crippen LogP contribution in [-0.4, -0.2) is 23.9 Å². The highest BCUT2D eigenvalue weighted by Gasteiger charge is 2.24. The number of hydrogen-bond donors (Lipinski definition) is 0. The van der Waals surface area contributed by atoms with E-state index < -0.39 is 0 Å². The van der Waals surface area contributed by atoms with Gasteiger partial charge in [-0.25, -0.2) is 0 Å². The molecule has 0 saturated heterocycles. The Bertz CT molecular complexity index is 798. The van der Waals surface area contributed by atoms with E-state index in [-0.39, 0.29) is 5.91 Å². The molecule has 0 saturated carbocycles. The minimum atomic E-state index is 0.218. The molecule has 0 atom stereocenters. The van der Waals surface area contributed by atoms with Crippen LogP contribution < -0.4 is 4.90 Å². The lowest BCUT2D eigenvalue weighted by molar-refractivity contribution is -0.118. The van der Waals surface area contributed by atoms with Gasteiger partial charge >= 0.3 is 0 Å². The Balaban J connectivity index is 1.44. The zero-order chi connectivity index (χ0) is 16.5. The first-order chi connectivity index (χ1) is 11.7. The molecule has 0 radical (unpaired) electrons. The van der Waals surface area contributed by atoms with Crippen LogP contribution >= 0.6 is 0 Å². The number of anilines is 1. The van der Waals surface area contributed by atoms with Crippen LogP contribution in [0.1, 0.15) is 25.3 Å².